The molecule has 0 aliphatic heterocycles. The van der Waals surface area contributed by atoms with Crippen molar-refractivity contribution < 1.29 is 26.9 Å². The number of furan rings is 1. The van der Waals surface area contributed by atoms with Crippen molar-refractivity contribution in [3.8, 4) is 39.8 Å². The Hall–Kier alpha value is -7.30. The van der Waals surface area contributed by atoms with Gasteiger partial charge in [-0.25, -0.2) is 8.78 Å². The molecule has 0 radical (unpaired) electrons. The van der Waals surface area contributed by atoms with Gasteiger partial charge in [0.2, 0.25) is 0 Å². The van der Waals surface area contributed by atoms with Crippen LogP contribution in [0.3, 0.4) is 0 Å². The molecule has 0 bridgehead atoms. The zero-order chi connectivity index (χ0) is 49.0. The third-order valence-corrected chi connectivity index (χ3v) is 9.75. The highest BCUT2D eigenvalue weighted by Crippen LogP contribution is 2.35. The van der Waals surface area contributed by atoms with Crippen LogP contribution in [0.4, 0.5) is 8.78 Å². The number of para-hydroxylation sites is 1. The van der Waals surface area contributed by atoms with Crippen molar-refractivity contribution in [2.75, 3.05) is 0 Å². The van der Waals surface area contributed by atoms with Gasteiger partial charge in [0.1, 0.15) is 22.8 Å². The lowest BCUT2D eigenvalue weighted by Crippen LogP contribution is -2.02. The summed E-state index contributed by atoms with van der Waals surface area (Å²) in [6.45, 7) is 0. The summed E-state index contributed by atoms with van der Waals surface area (Å²) in [5, 5.41) is 10.5. The van der Waals surface area contributed by atoms with Gasteiger partial charge in [0.05, 0.1) is 31.5 Å². The number of aromatic nitrogens is 3. The fraction of sp³-hybridized carbons (Fsp3) is 0.115. The number of hydrogen-bond donors (Lipinski definition) is 0. The van der Waals surface area contributed by atoms with Crippen LogP contribution in [0.25, 0.3) is 55.7 Å². The van der Waals surface area contributed by atoms with Gasteiger partial charge in [-0.2, -0.15) is 5.26 Å². The smallest absolute Gasteiger partial charge is 0.144 e. The maximum absolute atomic E-state index is 15.7. The topological polar surface area (TPSA) is 75.6 Å². The minimum atomic E-state index is -3.02. The van der Waals surface area contributed by atoms with Gasteiger partial charge < -0.3 is 4.42 Å². The van der Waals surface area contributed by atoms with Gasteiger partial charge in [0, 0.05) is 80.3 Å². The molecule has 4 aromatic heterocycles. The van der Waals surface area contributed by atoms with E-state index in [-0.39, 0.29) is 51.0 Å². The number of rotatable bonds is 12. The molecule has 0 N–H and O–H groups in total. The molecule has 0 saturated carbocycles. The maximum atomic E-state index is 15.7. The molecule has 0 fully saturated rings. The van der Waals surface area contributed by atoms with Crippen LogP contribution in [0, 0.1) is 23.0 Å². The second-order valence-corrected chi connectivity index (χ2v) is 13.7. The number of fused-ring (bicyclic) bond motifs is 3. The Morgan fingerprint density at radius 2 is 1.15 bits per heavy atom. The van der Waals surface area contributed by atoms with E-state index in [0.29, 0.717) is 50.1 Å². The molecule has 7 heteroatoms. The zero-order valence-electron chi connectivity index (χ0n) is 41.2. The molecule has 59 heavy (non-hydrogen) atoms. The molecule has 286 valence electrons. The number of hydrogen-bond acceptors (Lipinski definition) is 5. The second-order valence-electron chi connectivity index (χ2n) is 13.7. The normalized spacial score (nSPS) is 14.7. The molecule has 0 aliphatic carbocycles. The summed E-state index contributed by atoms with van der Waals surface area (Å²) in [6.07, 6.45) is -8.61. The Labute approximate surface area is 355 Å². The van der Waals surface area contributed by atoms with Crippen LogP contribution < -0.4 is 0 Å². The van der Waals surface area contributed by atoms with E-state index in [1.807, 2.05) is 6.07 Å². The largest absolute Gasteiger partial charge is 0.455 e. The highest BCUT2D eigenvalue weighted by molar-refractivity contribution is 6.09. The predicted octanol–water partition coefficient (Wildman–Crippen LogP) is 12.3. The summed E-state index contributed by atoms with van der Waals surface area (Å²) in [4.78, 5) is 13.2. The number of nitriles is 1. The quantitative estimate of drug-likeness (QED) is 0.123. The highest BCUT2D eigenvalue weighted by atomic mass is 19.1. The van der Waals surface area contributed by atoms with Gasteiger partial charge in [0.15, 0.2) is 0 Å². The molecule has 0 saturated heterocycles. The summed E-state index contributed by atoms with van der Waals surface area (Å²) >= 11 is 0. The molecule has 5 aromatic carbocycles. The SMILES string of the molecule is [2H]c1cc2c(oc3c(-c4ccc(C([2H])([2H])C([2H])([2H])c5cc(C([2H])([2H])Cc6cnc(-c7ccccc7)cc6F)cc(C([2H])([2H])Cc6cnc(-c7ccccc7)cc6F)c5)cn4)cccc32)c([2H])c1C#N. The molecule has 5 nitrogen and oxygen atoms in total. The van der Waals surface area contributed by atoms with E-state index in [0.717, 1.165) is 18.3 Å². The Morgan fingerprint density at radius 1 is 0.576 bits per heavy atom. The number of aryl methyl sites for hydroxylation is 6. The second kappa shape index (κ2) is 16.7. The van der Waals surface area contributed by atoms with Crippen LogP contribution in [0.15, 0.2) is 162 Å². The number of benzene rings is 5. The number of halogens is 2. The van der Waals surface area contributed by atoms with E-state index in [2.05, 4.69) is 15.0 Å². The molecule has 0 amide bonds. The van der Waals surface area contributed by atoms with Crippen LogP contribution in [0.5, 0.6) is 0 Å². The summed E-state index contributed by atoms with van der Waals surface area (Å²) in [6, 6.07) is 34.3. The molecule has 9 rings (SSSR count). The van der Waals surface area contributed by atoms with E-state index in [9.17, 15) is 16.2 Å². The highest BCUT2D eigenvalue weighted by Gasteiger charge is 2.15. The molecule has 0 aliphatic rings. The van der Waals surface area contributed by atoms with E-state index >= 15 is 8.78 Å². The van der Waals surface area contributed by atoms with Gasteiger partial charge in [-0.3, -0.25) is 15.0 Å². The Bertz CT molecular complexity index is 3350. The van der Waals surface area contributed by atoms with Crippen molar-refractivity contribution in [2.24, 2.45) is 0 Å². The van der Waals surface area contributed by atoms with Crippen LogP contribution >= 0.6 is 0 Å². The first-order valence-corrected chi connectivity index (χ1v) is 18.7. The maximum Gasteiger partial charge on any atom is 0.144 e. The van der Waals surface area contributed by atoms with Gasteiger partial charge >= 0.3 is 0 Å². The zero-order valence-corrected chi connectivity index (χ0v) is 31.2. The number of nitrogens with zero attached hydrogens (tertiary/aromatic N) is 4. The minimum absolute atomic E-state index is 0.104. The summed E-state index contributed by atoms with van der Waals surface area (Å²) in [5.41, 5.74) is 1.43. The molecule has 9 aromatic rings. The van der Waals surface area contributed by atoms with Crippen LogP contribution in [0.2, 0.25) is 0 Å². The molecule has 0 spiro atoms. The molecule has 4 heterocycles. The van der Waals surface area contributed by atoms with Crippen LogP contribution in [0.1, 0.15) is 52.7 Å². The summed E-state index contributed by atoms with van der Waals surface area (Å²) < 4.78 is 129. The van der Waals surface area contributed by atoms with Crippen molar-refractivity contribution >= 4 is 21.9 Å². The van der Waals surface area contributed by atoms with E-state index in [1.165, 1.54) is 48.8 Å². The van der Waals surface area contributed by atoms with Crippen LogP contribution in [-0.2, 0) is 38.3 Å². The fourth-order valence-corrected chi connectivity index (χ4v) is 6.71. The van der Waals surface area contributed by atoms with E-state index in [1.54, 1.807) is 78.9 Å². The standard InChI is InChI=1S/C52H38F2N4O/c53-46-28-49(39-8-3-1-4-9-39)57-32-41(46)20-16-36-24-35(25-37(26-36)17-21-42-33-58-50(29-47(42)54)40-10-5-2-6-11-40)15-14-34-19-23-48(56-31-34)45-13-7-12-44-43-22-18-38(30-55)27-51(43)59-52(44)45/h1-13,18-19,22-29,31-33H,14-17,20-21H2/i14D2,15D2,16D2,17D2,18D,27D. The fourth-order valence-electron chi connectivity index (χ4n) is 6.71. The molecular weight excluding hydrogens is 735 g/mol. The van der Waals surface area contributed by atoms with Gasteiger partial charge in [-0.15, -0.1) is 0 Å². The van der Waals surface area contributed by atoms with Gasteiger partial charge in [-0.1, -0.05) is 97.1 Å². The first-order valence-electron chi connectivity index (χ1n) is 23.7. The summed E-state index contributed by atoms with van der Waals surface area (Å²) in [7, 11) is 0. The molecule has 0 unspecified atom stereocenters. The van der Waals surface area contributed by atoms with E-state index in [4.69, 9.17) is 7.16 Å². The average Bonchev–Trinajstić information content (AvgIpc) is 3.72. The third kappa shape index (κ3) is 8.25. The van der Waals surface area contributed by atoms with Crippen molar-refractivity contribution in [3.05, 3.63) is 209 Å². The number of pyridine rings is 3. The molecular formula is C52H38F2N4O. The Kier molecular flexibility index (Phi) is 7.72. The lowest BCUT2D eigenvalue weighted by Gasteiger charge is -2.12. The van der Waals surface area contributed by atoms with Crippen molar-refractivity contribution in [1.82, 2.24) is 15.0 Å². The average molecular weight is 783 g/mol. The minimum Gasteiger partial charge on any atom is -0.455 e. The predicted molar refractivity (Wildman–Crippen MR) is 230 cm³/mol. The van der Waals surface area contributed by atoms with Crippen molar-refractivity contribution in [1.29, 1.82) is 5.26 Å². The monoisotopic (exact) mass is 782 g/mol. The summed E-state index contributed by atoms with van der Waals surface area (Å²) in [5.74, 6) is -1.51. The first-order chi connectivity index (χ1) is 32.8. The Balaban J connectivity index is 1.09. The lowest BCUT2D eigenvalue weighted by atomic mass is 9.94. The third-order valence-electron chi connectivity index (χ3n) is 9.75. The first kappa shape index (κ1) is 27.4. The lowest BCUT2D eigenvalue weighted by molar-refractivity contribution is 0.606. The van der Waals surface area contributed by atoms with Gasteiger partial charge in [0.25, 0.3) is 0 Å². The van der Waals surface area contributed by atoms with Crippen molar-refractivity contribution in [3.63, 3.8) is 0 Å². The van der Waals surface area contributed by atoms with Crippen LogP contribution in [-0.4, -0.2) is 15.0 Å². The Morgan fingerprint density at radius 3 is 1.71 bits per heavy atom. The van der Waals surface area contributed by atoms with Crippen molar-refractivity contribution in [2.45, 2.75) is 38.3 Å². The van der Waals surface area contributed by atoms with E-state index < -0.39 is 55.5 Å². The van der Waals surface area contributed by atoms with Gasteiger partial charge in [-0.05, 0) is 90.9 Å². The molecule has 0 atom stereocenters.